The van der Waals surface area contributed by atoms with E-state index in [9.17, 15) is 4.79 Å². The highest BCUT2D eigenvalue weighted by atomic mass is 35.5. The first-order valence-electron chi connectivity index (χ1n) is 4.69. The minimum absolute atomic E-state index is 0.232. The van der Waals surface area contributed by atoms with Crippen molar-refractivity contribution in [2.24, 2.45) is 5.10 Å². The van der Waals surface area contributed by atoms with E-state index in [0.29, 0.717) is 16.3 Å². The van der Waals surface area contributed by atoms with Crippen LogP contribution < -0.4 is 10.2 Å². The van der Waals surface area contributed by atoms with Gasteiger partial charge in [-0.3, -0.25) is 4.79 Å². The molecule has 0 aliphatic heterocycles. The van der Waals surface area contributed by atoms with Crippen molar-refractivity contribution in [2.45, 2.75) is 6.42 Å². The summed E-state index contributed by atoms with van der Waals surface area (Å²) < 4.78 is 5.09. The van der Waals surface area contributed by atoms with Crippen LogP contribution in [-0.2, 0) is 4.79 Å². The molecule has 0 saturated carbocycles. The topological polar surface area (TPSA) is 74.5 Å². The second-order valence-electron chi connectivity index (χ2n) is 3.01. The average Bonchev–Trinajstić information content (AvgIpc) is 2.30. The van der Waals surface area contributed by atoms with Gasteiger partial charge in [0.2, 0.25) is 0 Å². The first-order chi connectivity index (χ1) is 8.17. The van der Waals surface area contributed by atoms with E-state index in [1.807, 2.05) is 0 Å². The number of carbonyl (C=O) groups excluding carboxylic acids is 1. The van der Waals surface area contributed by atoms with Crippen molar-refractivity contribution >= 4 is 23.7 Å². The number of nitrogens with zero attached hydrogens (tertiary/aromatic N) is 2. The van der Waals surface area contributed by atoms with Crippen molar-refractivity contribution < 1.29 is 9.53 Å². The normalized spacial score (nSPS) is 9.94. The molecule has 0 bridgehead atoms. The summed E-state index contributed by atoms with van der Waals surface area (Å²) in [6, 6.07) is 6.75. The number of methoxy groups -OCH3 is 1. The highest BCUT2D eigenvalue weighted by Gasteiger charge is 2.01. The Hall–Kier alpha value is -2.06. The van der Waals surface area contributed by atoms with Crippen LogP contribution in [0.1, 0.15) is 12.0 Å². The predicted octanol–water partition coefficient (Wildman–Crippen LogP) is 1.71. The van der Waals surface area contributed by atoms with Gasteiger partial charge in [0.25, 0.3) is 5.91 Å². The number of hydrogen-bond donors (Lipinski definition) is 1. The van der Waals surface area contributed by atoms with Crippen LogP contribution in [0, 0.1) is 11.3 Å². The molecule has 0 unspecified atom stereocenters. The summed E-state index contributed by atoms with van der Waals surface area (Å²) in [6.45, 7) is 0. The summed E-state index contributed by atoms with van der Waals surface area (Å²) in [5, 5.41) is 12.5. The van der Waals surface area contributed by atoms with E-state index in [1.165, 1.54) is 13.3 Å². The maximum atomic E-state index is 10.9. The zero-order valence-corrected chi connectivity index (χ0v) is 9.86. The maximum absolute atomic E-state index is 10.9. The second kappa shape index (κ2) is 6.51. The monoisotopic (exact) mass is 251 g/mol. The van der Waals surface area contributed by atoms with Crippen molar-refractivity contribution in [3.63, 3.8) is 0 Å². The molecular formula is C11H10ClN3O2. The van der Waals surface area contributed by atoms with E-state index < -0.39 is 5.91 Å². The average molecular weight is 252 g/mol. The van der Waals surface area contributed by atoms with E-state index in [1.54, 1.807) is 24.3 Å². The van der Waals surface area contributed by atoms with Crippen molar-refractivity contribution in [1.29, 1.82) is 5.26 Å². The predicted molar refractivity (Wildman–Crippen MR) is 64.0 cm³/mol. The second-order valence-corrected chi connectivity index (χ2v) is 3.45. The molecule has 1 aromatic carbocycles. The molecule has 88 valence electrons. The Balaban J connectivity index is 2.74. The molecule has 0 fully saturated rings. The summed E-state index contributed by atoms with van der Waals surface area (Å²) in [7, 11) is 1.52. The molecule has 1 N–H and O–H groups in total. The Morgan fingerprint density at radius 1 is 1.71 bits per heavy atom. The lowest BCUT2D eigenvalue weighted by Gasteiger charge is -2.04. The SMILES string of the molecule is COc1ccc(Cl)cc1/C=N/NC(=O)CC#N. The Morgan fingerprint density at radius 2 is 2.47 bits per heavy atom. The van der Waals surface area contributed by atoms with E-state index in [-0.39, 0.29) is 6.42 Å². The minimum atomic E-state index is -0.468. The lowest BCUT2D eigenvalue weighted by atomic mass is 10.2. The van der Waals surface area contributed by atoms with Gasteiger partial charge in [0.15, 0.2) is 0 Å². The van der Waals surface area contributed by atoms with Crippen LogP contribution in [0.25, 0.3) is 0 Å². The maximum Gasteiger partial charge on any atom is 0.254 e. The van der Waals surface area contributed by atoms with Crippen LogP contribution in [0.5, 0.6) is 5.75 Å². The third kappa shape index (κ3) is 4.13. The molecule has 0 aromatic heterocycles. The van der Waals surface area contributed by atoms with Gasteiger partial charge >= 0.3 is 0 Å². The van der Waals surface area contributed by atoms with Gasteiger partial charge in [-0.25, -0.2) is 5.43 Å². The van der Waals surface area contributed by atoms with Crippen molar-refractivity contribution in [2.75, 3.05) is 7.11 Å². The van der Waals surface area contributed by atoms with E-state index in [0.717, 1.165) is 0 Å². The van der Waals surface area contributed by atoms with E-state index in [4.69, 9.17) is 21.6 Å². The molecule has 0 heterocycles. The zero-order valence-electron chi connectivity index (χ0n) is 9.11. The summed E-state index contributed by atoms with van der Waals surface area (Å²) in [5.74, 6) is 0.123. The van der Waals surface area contributed by atoms with Gasteiger partial charge in [-0.2, -0.15) is 10.4 Å². The molecule has 0 radical (unpaired) electrons. The van der Waals surface area contributed by atoms with E-state index >= 15 is 0 Å². The van der Waals surface area contributed by atoms with Gasteiger partial charge in [0.1, 0.15) is 12.2 Å². The summed E-state index contributed by atoms with van der Waals surface area (Å²) in [5.41, 5.74) is 2.85. The number of halogens is 1. The number of hydrogen-bond acceptors (Lipinski definition) is 4. The van der Waals surface area contributed by atoms with Crippen molar-refractivity contribution in [3.05, 3.63) is 28.8 Å². The summed E-state index contributed by atoms with van der Waals surface area (Å²) in [6.07, 6.45) is 1.17. The number of nitrogens with one attached hydrogen (secondary N) is 1. The number of benzene rings is 1. The number of nitriles is 1. The number of ether oxygens (including phenoxy) is 1. The smallest absolute Gasteiger partial charge is 0.254 e. The fraction of sp³-hybridized carbons (Fsp3) is 0.182. The van der Waals surface area contributed by atoms with Crippen LogP contribution >= 0.6 is 11.6 Å². The number of rotatable bonds is 4. The zero-order chi connectivity index (χ0) is 12.7. The lowest BCUT2D eigenvalue weighted by Crippen LogP contribution is -2.16. The quantitative estimate of drug-likeness (QED) is 0.654. The molecule has 0 aliphatic carbocycles. The highest BCUT2D eigenvalue weighted by Crippen LogP contribution is 2.20. The standard InChI is InChI=1S/C11H10ClN3O2/c1-17-10-3-2-9(12)6-8(10)7-14-15-11(16)4-5-13/h2-3,6-7H,4H2,1H3,(H,15,16)/b14-7+. The number of amides is 1. The molecule has 1 aromatic rings. The number of carbonyl (C=O) groups is 1. The first kappa shape index (κ1) is 13.0. The fourth-order valence-corrected chi connectivity index (χ4v) is 1.27. The molecular weight excluding hydrogens is 242 g/mol. The van der Waals surface area contributed by atoms with Crippen LogP contribution in [0.3, 0.4) is 0 Å². The lowest BCUT2D eigenvalue weighted by molar-refractivity contribution is -0.120. The van der Waals surface area contributed by atoms with Crippen LogP contribution in [0.2, 0.25) is 5.02 Å². The van der Waals surface area contributed by atoms with Crippen molar-refractivity contribution in [3.8, 4) is 11.8 Å². The molecule has 6 heteroatoms. The number of hydrazone groups is 1. The summed E-state index contributed by atoms with van der Waals surface area (Å²) in [4.78, 5) is 10.9. The van der Waals surface area contributed by atoms with Gasteiger partial charge in [-0.05, 0) is 18.2 Å². The van der Waals surface area contributed by atoms with Crippen LogP contribution in [-0.4, -0.2) is 19.2 Å². The molecule has 0 saturated heterocycles. The third-order valence-corrected chi connectivity index (χ3v) is 2.06. The van der Waals surface area contributed by atoms with Crippen LogP contribution in [0.15, 0.2) is 23.3 Å². The van der Waals surface area contributed by atoms with Gasteiger partial charge < -0.3 is 4.74 Å². The molecule has 0 aliphatic rings. The van der Waals surface area contributed by atoms with Crippen LogP contribution in [0.4, 0.5) is 0 Å². The van der Waals surface area contributed by atoms with Gasteiger partial charge in [-0.15, -0.1) is 0 Å². The third-order valence-electron chi connectivity index (χ3n) is 1.82. The summed E-state index contributed by atoms with van der Waals surface area (Å²) >= 11 is 5.82. The molecule has 0 spiro atoms. The molecule has 1 rings (SSSR count). The Labute approximate surface area is 104 Å². The largest absolute Gasteiger partial charge is 0.496 e. The highest BCUT2D eigenvalue weighted by molar-refractivity contribution is 6.30. The molecule has 5 nitrogen and oxygen atoms in total. The van der Waals surface area contributed by atoms with Gasteiger partial charge in [0, 0.05) is 10.6 Å². The van der Waals surface area contributed by atoms with E-state index in [2.05, 4.69) is 10.5 Å². The molecule has 17 heavy (non-hydrogen) atoms. The molecule has 0 atom stereocenters. The Kier molecular flexibility index (Phi) is 4.98. The Morgan fingerprint density at radius 3 is 3.12 bits per heavy atom. The fourth-order valence-electron chi connectivity index (χ4n) is 1.09. The van der Waals surface area contributed by atoms with Gasteiger partial charge in [-0.1, -0.05) is 11.6 Å². The first-order valence-corrected chi connectivity index (χ1v) is 5.07. The Bertz CT molecular complexity index is 480. The van der Waals surface area contributed by atoms with Crippen molar-refractivity contribution in [1.82, 2.24) is 5.43 Å². The molecule has 1 amide bonds. The van der Waals surface area contributed by atoms with Gasteiger partial charge in [0.05, 0.1) is 19.4 Å². The minimum Gasteiger partial charge on any atom is -0.496 e.